The summed E-state index contributed by atoms with van der Waals surface area (Å²) in [5.41, 5.74) is 0. The van der Waals surface area contributed by atoms with Gasteiger partial charge < -0.3 is 9.84 Å². The molecule has 0 radical (unpaired) electrons. The Morgan fingerprint density at radius 1 is 0.605 bits per heavy atom. The van der Waals surface area contributed by atoms with Crippen LogP contribution in [0.2, 0.25) is 0 Å². The van der Waals surface area contributed by atoms with E-state index in [-0.39, 0.29) is 12.4 Å². The van der Waals surface area contributed by atoms with Gasteiger partial charge in [-0.05, 0) is 51.4 Å². The number of carboxylic acid groups (broad SMARTS) is 1. The van der Waals surface area contributed by atoms with Gasteiger partial charge in [0.2, 0.25) is 0 Å². The van der Waals surface area contributed by atoms with Crippen molar-refractivity contribution in [3.05, 3.63) is 24.3 Å². The molecule has 1 N–H and O–H groups in total. The topological polar surface area (TPSA) is 63.6 Å². The Kier molecular flexibility index (Phi) is 28.7. The summed E-state index contributed by atoms with van der Waals surface area (Å²) in [6.07, 6.45) is 36.2. The summed E-state index contributed by atoms with van der Waals surface area (Å²) in [6, 6.07) is 0. The molecule has 0 aliphatic heterocycles. The van der Waals surface area contributed by atoms with Crippen molar-refractivity contribution in [2.75, 3.05) is 0 Å². The van der Waals surface area contributed by atoms with Gasteiger partial charge in [0.05, 0.1) is 6.42 Å². The standard InChI is InChI=1S/C34H62O4/c1-3-5-7-9-11-13-14-15-16-17-18-19-20-22-24-26-28-30-34(37)38-32(31-33(35)36)29-27-25-23-21-12-10-8-6-4-2/h11,13,15-16,32H,3-10,12,14,17-31H2,1-2H3,(H,35,36)/b13-11-,16-15-. The third kappa shape index (κ3) is 29.0. The highest BCUT2D eigenvalue weighted by atomic mass is 16.5. The van der Waals surface area contributed by atoms with E-state index >= 15 is 0 Å². The molecule has 38 heavy (non-hydrogen) atoms. The molecule has 0 amide bonds. The average molecular weight is 535 g/mol. The van der Waals surface area contributed by atoms with E-state index in [0.717, 1.165) is 38.5 Å². The van der Waals surface area contributed by atoms with Crippen LogP contribution in [0.5, 0.6) is 0 Å². The van der Waals surface area contributed by atoms with Crippen LogP contribution in [-0.2, 0) is 14.3 Å². The van der Waals surface area contributed by atoms with Gasteiger partial charge in [0.15, 0.2) is 0 Å². The molecule has 0 bridgehead atoms. The van der Waals surface area contributed by atoms with Crippen LogP contribution in [0.25, 0.3) is 0 Å². The Hall–Kier alpha value is -1.58. The number of ether oxygens (including phenoxy) is 1. The van der Waals surface area contributed by atoms with Crippen molar-refractivity contribution in [2.24, 2.45) is 0 Å². The molecule has 0 aromatic heterocycles. The molecule has 0 aromatic rings. The number of rotatable bonds is 29. The molecule has 0 heterocycles. The molecule has 4 nitrogen and oxygen atoms in total. The highest BCUT2D eigenvalue weighted by molar-refractivity contribution is 5.71. The first-order valence-electron chi connectivity index (χ1n) is 16.3. The molecular formula is C34H62O4. The van der Waals surface area contributed by atoms with Crippen LogP contribution in [0, 0.1) is 0 Å². The van der Waals surface area contributed by atoms with Gasteiger partial charge in [-0.2, -0.15) is 0 Å². The summed E-state index contributed by atoms with van der Waals surface area (Å²) in [5, 5.41) is 9.17. The minimum Gasteiger partial charge on any atom is -0.481 e. The molecule has 0 spiro atoms. The molecule has 0 aliphatic rings. The molecular weight excluding hydrogens is 472 g/mol. The fraction of sp³-hybridized carbons (Fsp3) is 0.824. The summed E-state index contributed by atoms with van der Waals surface area (Å²) in [4.78, 5) is 23.4. The first-order valence-corrected chi connectivity index (χ1v) is 16.3. The van der Waals surface area contributed by atoms with E-state index < -0.39 is 12.1 Å². The second-order valence-electron chi connectivity index (χ2n) is 11.0. The Bertz CT molecular complexity index is 581. The Balaban J connectivity index is 3.68. The minimum atomic E-state index is -0.885. The van der Waals surface area contributed by atoms with E-state index in [9.17, 15) is 14.7 Å². The summed E-state index contributed by atoms with van der Waals surface area (Å²) in [5.74, 6) is -1.11. The van der Waals surface area contributed by atoms with Crippen LogP contribution in [0.4, 0.5) is 0 Å². The van der Waals surface area contributed by atoms with E-state index in [1.165, 1.54) is 103 Å². The highest BCUT2D eigenvalue weighted by Gasteiger charge is 2.17. The molecule has 222 valence electrons. The minimum absolute atomic E-state index is 0.0757. The van der Waals surface area contributed by atoms with E-state index in [0.29, 0.717) is 12.8 Å². The normalized spacial score (nSPS) is 12.5. The third-order valence-corrected chi connectivity index (χ3v) is 7.16. The van der Waals surface area contributed by atoms with Crippen LogP contribution in [0.3, 0.4) is 0 Å². The van der Waals surface area contributed by atoms with Gasteiger partial charge in [0, 0.05) is 6.42 Å². The number of allylic oxidation sites excluding steroid dienone is 4. The van der Waals surface area contributed by atoms with E-state index in [1.807, 2.05) is 0 Å². The lowest BCUT2D eigenvalue weighted by molar-refractivity contribution is -0.153. The van der Waals surface area contributed by atoms with Gasteiger partial charge in [-0.3, -0.25) is 9.59 Å². The lowest BCUT2D eigenvalue weighted by Gasteiger charge is -2.16. The van der Waals surface area contributed by atoms with Gasteiger partial charge in [-0.1, -0.05) is 134 Å². The Morgan fingerprint density at radius 3 is 1.61 bits per heavy atom. The molecule has 1 unspecified atom stereocenters. The van der Waals surface area contributed by atoms with Crippen molar-refractivity contribution in [1.82, 2.24) is 0 Å². The molecule has 0 rings (SSSR count). The largest absolute Gasteiger partial charge is 0.481 e. The number of hydrogen-bond donors (Lipinski definition) is 1. The number of hydrogen-bond acceptors (Lipinski definition) is 3. The number of aliphatic carboxylic acids is 1. The van der Waals surface area contributed by atoms with Crippen LogP contribution in [0.15, 0.2) is 24.3 Å². The quantitative estimate of drug-likeness (QED) is 0.0589. The van der Waals surface area contributed by atoms with Crippen molar-refractivity contribution >= 4 is 11.9 Å². The van der Waals surface area contributed by atoms with Crippen LogP contribution in [-0.4, -0.2) is 23.1 Å². The SMILES string of the molecule is CCCCC/C=C\C/C=C\CCCCCCCCCC(=O)OC(CCCCCCCCCCC)CC(=O)O. The number of carbonyl (C=O) groups excluding carboxylic acids is 1. The zero-order valence-electron chi connectivity index (χ0n) is 25.2. The predicted molar refractivity (Wildman–Crippen MR) is 163 cm³/mol. The van der Waals surface area contributed by atoms with E-state index in [4.69, 9.17) is 4.74 Å². The molecule has 4 heteroatoms. The third-order valence-electron chi connectivity index (χ3n) is 7.16. The zero-order chi connectivity index (χ0) is 27.9. The van der Waals surface area contributed by atoms with Gasteiger partial charge in [0.1, 0.15) is 6.10 Å². The number of carbonyl (C=O) groups is 2. The first-order chi connectivity index (χ1) is 18.6. The summed E-state index contributed by atoms with van der Waals surface area (Å²) in [6.45, 7) is 4.48. The van der Waals surface area contributed by atoms with Gasteiger partial charge >= 0.3 is 11.9 Å². The molecule has 0 saturated carbocycles. The molecule has 0 aliphatic carbocycles. The lowest BCUT2D eigenvalue weighted by atomic mass is 10.0. The number of unbranched alkanes of at least 4 members (excludes halogenated alkanes) is 18. The Labute approximate surface area is 236 Å². The van der Waals surface area contributed by atoms with Crippen molar-refractivity contribution in [1.29, 1.82) is 0 Å². The summed E-state index contributed by atoms with van der Waals surface area (Å²) in [7, 11) is 0. The second-order valence-corrected chi connectivity index (χ2v) is 11.0. The van der Waals surface area contributed by atoms with Crippen LogP contribution < -0.4 is 0 Å². The first kappa shape index (κ1) is 36.4. The number of esters is 1. The van der Waals surface area contributed by atoms with Crippen molar-refractivity contribution in [2.45, 2.75) is 180 Å². The highest BCUT2D eigenvalue weighted by Crippen LogP contribution is 2.16. The van der Waals surface area contributed by atoms with Crippen molar-refractivity contribution in [3.8, 4) is 0 Å². The molecule has 0 saturated heterocycles. The van der Waals surface area contributed by atoms with Crippen molar-refractivity contribution < 1.29 is 19.4 Å². The maximum Gasteiger partial charge on any atom is 0.307 e. The van der Waals surface area contributed by atoms with Gasteiger partial charge in [0.25, 0.3) is 0 Å². The molecule has 0 fully saturated rings. The van der Waals surface area contributed by atoms with E-state index in [2.05, 4.69) is 38.2 Å². The summed E-state index contributed by atoms with van der Waals surface area (Å²) >= 11 is 0. The lowest BCUT2D eigenvalue weighted by Crippen LogP contribution is -2.21. The average Bonchev–Trinajstić information content (AvgIpc) is 2.89. The zero-order valence-corrected chi connectivity index (χ0v) is 25.2. The van der Waals surface area contributed by atoms with E-state index in [1.54, 1.807) is 0 Å². The second kappa shape index (κ2) is 30.0. The van der Waals surface area contributed by atoms with Gasteiger partial charge in [-0.25, -0.2) is 0 Å². The van der Waals surface area contributed by atoms with Gasteiger partial charge in [-0.15, -0.1) is 0 Å². The predicted octanol–water partition coefficient (Wildman–Crippen LogP) is 10.9. The smallest absolute Gasteiger partial charge is 0.307 e. The Morgan fingerprint density at radius 2 is 1.05 bits per heavy atom. The van der Waals surface area contributed by atoms with Crippen LogP contribution >= 0.6 is 0 Å². The van der Waals surface area contributed by atoms with Crippen molar-refractivity contribution in [3.63, 3.8) is 0 Å². The number of carboxylic acids is 1. The summed E-state index contributed by atoms with van der Waals surface area (Å²) < 4.78 is 5.53. The maximum atomic E-state index is 12.2. The monoisotopic (exact) mass is 534 g/mol. The maximum absolute atomic E-state index is 12.2. The fourth-order valence-electron chi connectivity index (χ4n) is 4.76. The fourth-order valence-corrected chi connectivity index (χ4v) is 4.76. The molecule has 0 aromatic carbocycles. The molecule has 1 atom stereocenters. The van der Waals surface area contributed by atoms with Crippen LogP contribution in [0.1, 0.15) is 174 Å².